The van der Waals surface area contributed by atoms with Crippen molar-refractivity contribution in [1.82, 2.24) is 0 Å². The molecule has 0 fully saturated rings. The van der Waals surface area contributed by atoms with Crippen molar-refractivity contribution in [3.05, 3.63) is 24.3 Å². The molecule has 0 spiro atoms. The number of hydrogen-bond donors (Lipinski definition) is 0. The molecule has 0 atom stereocenters. The van der Waals surface area contributed by atoms with Gasteiger partial charge in [0.1, 0.15) is 0 Å². The van der Waals surface area contributed by atoms with Gasteiger partial charge in [-0.15, -0.1) is 0 Å². The predicted octanol–water partition coefficient (Wildman–Crippen LogP) is 2.59. The quantitative estimate of drug-likeness (QED) is 0.755. The van der Waals surface area contributed by atoms with Crippen molar-refractivity contribution < 1.29 is 22.6 Å². The average Bonchev–Trinajstić information content (AvgIpc) is 2.34. The molecule has 1 nitrogen and oxygen atoms in total. The molecule has 1 rings (SSSR count). The van der Waals surface area contributed by atoms with Gasteiger partial charge in [-0.1, -0.05) is 0 Å². The molecule has 0 unspecified atom stereocenters. The van der Waals surface area contributed by atoms with Crippen LogP contribution in [0.2, 0.25) is 0 Å². The zero-order valence-electron chi connectivity index (χ0n) is 5.26. The Bertz CT molecular complexity index is 144. The molecule has 0 aliphatic heterocycles. The second-order valence-electron chi connectivity index (χ2n) is 1.97. The van der Waals surface area contributed by atoms with Crippen molar-refractivity contribution >= 4 is 17.0 Å². The Kier molecular flexibility index (Phi) is 4.24. The molecule has 1 aliphatic carbocycles. The molecular weight excluding hydrogens is 250 g/mol. The van der Waals surface area contributed by atoms with Gasteiger partial charge in [0, 0.05) is 0 Å². The van der Waals surface area contributed by atoms with E-state index in [-0.39, 0.29) is 0 Å². The molecule has 0 radical (unpaired) electrons. The first-order valence-corrected chi connectivity index (χ1v) is 10.3. The fourth-order valence-electron chi connectivity index (χ4n) is 0.748. The summed E-state index contributed by atoms with van der Waals surface area (Å²) in [5, 5.41) is 0. The zero-order chi connectivity index (χ0) is 7.40. The average molecular weight is 257 g/mol. The summed E-state index contributed by atoms with van der Waals surface area (Å²) in [5.41, 5.74) is 0. The molecule has 4 heteroatoms. The van der Waals surface area contributed by atoms with Gasteiger partial charge in [-0.3, -0.25) is 0 Å². The third kappa shape index (κ3) is 3.34. The van der Waals surface area contributed by atoms with Crippen LogP contribution in [0.3, 0.4) is 0 Å². The van der Waals surface area contributed by atoms with E-state index >= 15 is 0 Å². The second-order valence-corrected chi connectivity index (χ2v) is 9.00. The molecule has 0 aromatic carbocycles. The van der Waals surface area contributed by atoms with Crippen molar-refractivity contribution in [2.75, 3.05) is 6.61 Å². The summed E-state index contributed by atoms with van der Waals surface area (Å²) in [6, 6.07) is 0. The first-order valence-electron chi connectivity index (χ1n) is 2.95. The molecule has 1 aliphatic rings. The summed E-state index contributed by atoms with van der Waals surface area (Å²) in [5.74, 6) is 0.396. The van der Waals surface area contributed by atoms with E-state index in [0.717, 1.165) is 0 Å². The molecule has 0 saturated carbocycles. The molecule has 0 heterocycles. The van der Waals surface area contributed by atoms with Gasteiger partial charge in [-0.25, -0.2) is 0 Å². The topological polar surface area (TPSA) is 9.23 Å². The summed E-state index contributed by atoms with van der Waals surface area (Å²) in [6.07, 6.45) is 8.14. The van der Waals surface area contributed by atoms with E-state index in [9.17, 15) is 0 Å². The van der Waals surface area contributed by atoms with Gasteiger partial charge in [-0.05, 0) is 0 Å². The van der Waals surface area contributed by atoms with E-state index in [1.54, 1.807) is 0 Å². The fraction of sp³-hybridized carbons (Fsp3) is 0.333. The Hall–Kier alpha value is 0.903. The Labute approximate surface area is 76.0 Å². The first kappa shape index (κ1) is 8.99. The summed E-state index contributed by atoms with van der Waals surface area (Å²) >= 11 is -2.33. The summed E-state index contributed by atoms with van der Waals surface area (Å²) < 4.78 is 5.15. The van der Waals surface area contributed by atoms with Gasteiger partial charge in [0.05, 0.1) is 0 Å². The van der Waals surface area contributed by atoms with Crippen LogP contribution in [0.25, 0.3) is 0 Å². The van der Waals surface area contributed by atoms with Crippen LogP contribution < -0.4 is 0 Å². The van der Waals surface area contributed by atoms with Crippen LogP contribution in [-0.2, 0) is 22.6 Å². The molecule has 0 amide bonds. The van der Waals surface area contributed by atoms with E-state index < -0.39 is 19.8 Å². The molecule has 0 saturated heterocycles. The molecule has 0 N–H and O–H groups in total. The van der Waals surface area contributed by atoms with Crippen LogP contribution >= 0.6 is 17.0 Å². The van der Waals surface area contributed by atoms with Crippen molar-refractivity contribution in [1.29, 1.82) is 0 Å². The van der Waals surface area contributed by atoms with E-state index in [0.29, 0.717) is 12.5 Å². The molecular formula is C6H7Cl2OZr. The van der Waals surface area contributed by atoms with Crippen LogP contribution in [0.4, 0.5) is 0 Å². The number of allylic oxidation sites excluding steroid dienone is 2. The van der Waals surface area contributed by atoms with Gasteiger partial charge >= 0.3 is 76.5 Å². The number of rotatable bonds is 3. The maximum atomic E-state index is 5.55. The summed E-state index contributed by atoms with van der Waals surface area (Å²) in [6.45, 7) is 0.648. The van der Waals surface area contributed by atoms with Crippen LogP contribution in [0, 0.1) is 5.92 Å². The van der Waals surface area contributed by atoms with Gasteiger partial charge < -0.3 is 0 Å². The maximum absolute atomic E-state index is 5.55. The molecule has 55 valence electrons. The van der Waals surface area contributed by atoms with Crippen molar-refractivity contribution in [3.63, 3.8) is 0 Å². The van der Waals surface area contributed by atoms with Crippen molar-refractivity contribution in [3.8, 4) is 0 Å². The van der Waals surface area contributed by atoms with Crippen LogP contribution in [0.15, 0.2) is 24.3 Å². The Balaban J connectivity index is 2.14. The SMILES string of the molecule is [Cl][Zr]([Cl])[O]CC1C=CC=C1. The fourth-order valence-corrected chi connectivity index (χ4v) is 2.28. The third-order valence-electron chi connectivity index (χ3n) is 1.21. The third-order valence-corrected chi connectivity index (χ3v) is 3.45. The van der Waals surface area contributed by atoms with Gasteiger partial charge in [0.25, 0.3) is 0 Å². The van der Waals surface area contributed by atoms with Crippen LogP contribution in [0.5, 0.6) is 0 Å². The van der Waals surface area contributed by atoms with Gasteiger partial charge in [0.2, 0.25) is 0 Å². The van der Waals surface area contributed by atoms with Crippen molar-refractivity contribution in [2.24, 2.45) is 5.92 Å². The molecule has 0 aromatic rings. The zero-order valence-corrected chi connectivity index (χ0v) is 9.23. The van der Waals surface area contributed by atoms with Crippen LogP contribution in [0.1, 0.15) is 0 Å². The van der Waals surface area contributed by atoms with Crippen molar-refractivity contribution in [2.45, 2.75) is 0 Å². The molecule has 0 bridgehead atoms. The summed E-state index contributed by atoms with van der Waals surface area (Å²) in [4.78, 5) is 0. The first-order chi connectivity index (χ1) is 4.79. The Morgan fingerprint density at radius 1 is 1.30 bits per heavy atom. The Morgan fingerprint density at radius 2 is 1.90 bits per heavy atom. The van der Waals surface area contributed by atoms with E-state index in [4.69, 9.17) is 19.8 Å². The minimum absolute atomic E-state index is 0.396. The number of halogens is 2. The Morgan fingerprint density at radius 3 is 2.40 bits per heavy atom. The molecule has 10 heavy (non-hydrogen) atoms. The monoisotopic (exact) mass is 255 g/mol. The van der Waals surface area contributed by atoms with E-state index in [2.05, 4.69) is 12.2 Å². The van der Waals surface area contributed by atoms with E-state index in [1.807, 2.05) is 12.2 Å². The number of hydrogen-bond acceptors (Lipinski definition) is 1. The normalized spacial score (nSPS) is 16.6. The standard InChI is InChI=1S/C6H7O.2ClH.Zr/c7-5-6-3-1-2-4-6;;;/h1-4,6H,5H2;2*1H;/q-1;;;+3/p-2. The van der Waals surface area contributed by atoms with Gasteiger partial charge in [-0.2, -0.15) is 0 Å². The van der Waals surface area contributed by atoms with Crippen LogP contribution in [-0.4, -0.2) is 6.61 Å². The molecule has 0 aromatic heterocycles. The minimum atomic E-state index is -2.33. The summed E-state index contributed by atoms with van der Waals surface area (Å²) in [7, 11) is 11.1. The van der Waals surface area contributed by atoms with E-state index in [1.165, 1.54) is 0 Å². The van der Waals surface area contributed by atoms with Gasteiger partial charge in [0.15, 0.2) is 0 Å². The second kappa shape index (κ2) is 4.71. The predicted molar refractivity (Wildman–Crippen MR) is 39.4 cm³/mol.